The number of carboxylic acids is 1. The second kappa shape index (κ2) is 7.84. The molecular formula is C15H19N3O3S. The van der Waals surface area contributed by atoms with Gasteiger partial charge in [-0.2, -0.15) is 16.9 Å². The number of amides is 1. The predicted molar refractivity (Wildman–Crippen MR) is 88.4 cm³/mol. The molecule has 6 nitrogen and oxygen atoms in total. The smallest absolute Gasteiger partial charge is 0.328 e. The topological polar surface area (TPSA) is 82.0 Å². The Morgan fingerprint density at radius 2 is 2.14 bits per heavy atom. The maximum atomic E-state index is 12.1. The molecule has 1 aromatic rings. The molecule has 1 heterocycles. The second-order valence-corrected chi connectivity index (χ2v) is 5.87. The van der Waals surface area contributed by atoms with Crippen molar-refractivity contribution in [2.75, 3.05) is 23.6 Å². The first-order chi connectivity index (χ1) is 10.6. The van der Waals surface area contributed by atoms with E-state index < -0.39 is 12.0 Å². The van der Waals surface area contributed by atoms with Gasteiger partial charge in [0.25, 0.3) is 5.91 Å². The van der Waals surface area contributed by atoms with Gasteiger partial charge < -0.3 is 10.4 Å². The number of anilines is 1. The van der Waals surface area contributed by atoms with Crippen LogP contribution in [0.1, 0.15) is 12.8 Å². The van der Waals surface area contributed by atoms with Crippen LogP contribution in [0.2, 0.25) is 0 Å². The van der Waals surface area contributed by atoms with Crippen molar-refractivity contribution >= 4 is 35.0 Å². The summed E-state index contributed by atoms with van der Waals surface area (Å²) in [5.74, 6) is -0.302. The Balaban J connectivity index is 2.06. The number of thioether (sulfide) groups is 1. The van der Waals surface area contributed by atoms with Crippen LogP contribution in [0.25, 0.3) is 0 Å². The Hall–Kier alpha value is -2.02. The number of nitrogens with one attached hydrogen (secondary N) is 1. The van der Waals surface area contributed by atoms with Crippen molar-refractivity contribution in [3.05, 3.63) is 30.3 Å². The molecule has 118 valence electrons. The van der Waals surface area contributed by atoms with E-state index in [1.807, 2.05) is 24.5 Å². The van der Waals surface area contributed by atoms with Crippen LogP contribution in [0, 0.1) is 0 Å². The maximum absolute atomic E-state index is 12.1. The molecule has 0 spiro atoms. The van der Waals surface area contributed by atoms with E-state index in [2.05, 4.69) is 10.4 Å². The molecule has 7 heteroatoms. The average Bonchev–Trinajstić information content (AvgIpc) is 2.98. The molecule has 0 bridgehead atoms. The summed E-state index contributed by atoms with van der Waals surface area (Å²) in [4.78, 5) is 23.5. The molecule has 1 aliphatic rings. The highest BCUT2D eigenvalue weighted by Gasteiger charge is 2.35. The van der Waals surface area contributed by atoms with Crippen LogP contribution in [0.4, 0.5) is 5.69 Å². The maximum Gasteiger partial charge on any atom is 0.328 e. The van der Waals surface area contributed by atoms with Gasteiger partial charge >= 0.3 is 5.97 Å². The number of hydrazone groups is 1. The van der Waals surface area contributed by atoms with Crippen LogP contribution in [0.15, 0.2) is 35.4 Å². The van der Waals surface area contributed by atoms with Gasteiger partial charge in [0.15, 0.2) is 6.04 Å². The highest BCUT2D eigenvalue weighted by molar-refractivity contribution is 7.98. The second-order valence-electron chi connectivity index (χ2n) is 4.89. The summed E-state index contributed by atoms with van der Waals surface area (Å²) in [6, 6.07) is 8.18. The molecule has 1 atom stereocenters. The fourth-order valence-corrected chi connectivity index (χ4v) is 2.61. The molecule has 22 heavy (non-hydrogen) atoms. The molecule has 0 saturated heterocycles. The van der Waals surface area contributed by atoms with Crippen LogP contribution < -0.4 is 10.3 Å². The highest BCUT2D eigenvalue weighted by atomic mass is 32.2. The summed E-state index contributed by atoms with van der Waals surface area (Å²) in [6.07, 6.45) is 3.00. The molecular weight excluding hydrogens is 302 g/mol. The molecule has 0 fully saturated rings. The molecule has 0 aromatic heterocycles. The third-order valence-electron chi connectivity index (χ3n) is 3.29. The van der Waals surface area contributed by atoms with Crippen molar-refractivity contribution in [3.63, 3.8) is 0 Å². The summed E-state index contributed by atoms with van der Waals surface area (Å²) in [5, 5.41) is 17.7. The van der Waals surface area contributed by atoms with E-state index in [-0.39, 0.29) is 18.0 Å². The number of rotatable bonds is 7. The number of carbonyl (C=O) groups excluding carboxylic acids is 1. The Bertz CT molecular complexity index is 562. The van der Waals surface area contributed by atoms with Crippen molar-refractivity contribution in [2.45, 2.75) is 18.9 Å². The predicted octanol–water partition coefficient (Wildman–Crippen LogP) is 1.58. The highest BCUT2D eigenvalue weighted by Crippen LogP contribution is 2.24. The van der Waals surface area contributed by atoms with Crippen LogP contribution in [0.3, 0.4) is 0 Å². The van der Waals surface area contributed by atoms with Crippen molar-refractivity contribution in [1.82, 2.24) is 5.32 Å². The van der Waals surface area contributed by atoms with Gasteiger partial charge in [-0.25, -0.2) is 4.79 Å². The van der Waals surface area contributed by atoms with Gasteiger partial charge in [-0.15, -0.1) is 0 Å². The minimum atomic E-state index is -0.988. The number of hydrogen-bond acceptors (Lipinski definition) is 5. The van der Waals surface area contributed by atoms with Crippen LogP contribution in [-0.4, -0.2) is 47.3 Å². The Kier molecular flexibility index (Phi) is 5.83. The first-order valence-electron chi connectivity index (χ1n) is 7.05. The van der Waals surface area contributed by atoms with Gasteiger partial charge in [0.05, 0.1) is 5.69 Å². The summed E-state index contributed by atoms with van der Waals surface area (Å²) in [5.41, 5.74) is 0.931. The molecule has 1 aromatic carbocycles. The lowest BCUT2D eigenvalue weighted by molar-refractivity contribution is -0.138. The number of carboxylic acid groups (broad SMARTS) is 1. The Morgan fingerprint density at radius 3 is 2.77 bits per heavy atom. The van der Waals surface area contributed by atoms with Crippen molar-refractivity contribution in [3.8, 4) is 0 Å². The van der Waals surface area contributed by atoms with E-state index in [9.17, 15) is 14.7 Å². The molecule has 1 amide bonds. The number of benzene rings is 1. The van der Waals surface area contributed by atoms with Gasteiger partial charge in [0.2, 0.25) is 0 Å². The van der Waals surface area contributed by atoms with Crippen molar-refractivity contribution in [2.24, 2.45) is 5.10 Å². The van der Waals surface area contributed by atoms with Gasteiger partial charge in [0.1, 0.15) is 5.71 Å². The van der Waals surface area contributed by atoms with Gasteiger partial charge in [0, 0.05) is 13.0 Å². The largest absolute Gasteiger partial charge is 0.480 e. The zero-order valence-corrected chi connectivity index (χ0v) is 13.2. The summed E-state index contributed by atoms with van der Waals surface area (Å²) < 4.78 is 0. The summed E-state index contributed by atoms with van der Waals surface area (Å²) >= 11 is 1.72. The molecule has 0 aliphatic carbocycles. The lowest BCUT2D eigenvalue weighted by Crippen LogP contribution is -2.35. The molecule has 2 N–H and O–H groups in total. The number of aliphatic carboxylic acids is 1. The van der Waals surface area contributed by atoms with Crippen LogP contribution in [-0.2, 0) is 9.59 Å². The Morgan fingerprint density at radius 1 is 1.41 bits per heavy atom. The minimum absolute atomic E-state index is 0.110. The third kappa shape index (κ3) is 4.00. The van der Waals surface area contributed by atoms with E-state index in [4.69, 9.17) is 0 Å². The first kappa shape index (κ1) is 16.4. The third-order valence-corrected chi connectivity index (χ3v) is 3.99. The number of nitrogens with zero attached hydrogens (tertiary/aromatic N) is 2. The van der Waals surface area contributed by atoms with Crippen LogP contribution >= 0.6 is 11.8 Å². The molecule has 1 unspecified atom stereocenters. The first-order valence-corrected chi connectivity index (χ1v) is 8.44. The lowest BCUT2D eigenvalue weighted by atomic mass is 10.1. The Labute approximate surface area is 133 Å². The normalized spacial score (nSPS) is 17.2. The zero-order valence-electron chi connectivity index (χ0n) is 12.4. The zero-order chi connectivity index (χ0) is 15.9. The average molecular weight is 321 g/mol. The molecule has 2 rings (SSSR count). The SMILES string of the molecule is CSCCCNC(=O)C1=NN(c2ccccc2)C(C(=O)O)C1. The van der Waals surface area contributed by atoms with Crippen molar-refractivity contribution < 1.29 is 14.7 Å². The van der Waals surface area contributed by atoms with Crippen molar-refractivity contribution in [1.29, 1.82) is 0 Å². The molecule has 1 aliphatic heterocycles. The van der Waals surface area contributed by atoms with E-state index >= 15 is 0 Å². The quantitative estimate of drug-likeness (QED) is 0.745. The fraction of sp³-hybridized carbons (Fsp3) is 0.400. The van der Waals surface area contributed by atoms with Gasteiger partial charge in [-0.3, -0.25) is 9.80 Å². The molecule has 0 saturated carbocycles. The van der Waals surface area contributed by atoms with E-state index in [1.165, 1.54) is 5.01 Å². The number of para-hydroxylation sites is 1. The van der Waals surface area contributed by atoms with E-state index in [0.717, 1.165) is 12.2 Å². The van der Waals surface area contributed by atoms with E-state index in [1.54, 1.807) is 23.9 Å². The summed E-state index contributed by atoms with van der Waals surface area (Å²) in [6.45, 7) is 0.571. The van der Waals surface area contributed by atoms with Gasteiger partial charge in [-0.1, -0.05) is 18.2 Å². The number of hydrogen-bond donors (Lipinski definition) is 2. The fourth-order valence-electron chi connectivity index (χ4n) is 2.18. The van der Waals surface area contributed by atoms with E-state index in [0.29, 0.717) is 12.2 Å². The van der Waals surface area contributed by atoms with Gasteiger partial charge in [-0.05, 0) is 30.6 Å². The number of carbonyl (C=O) groups is 2. The van der Waals surface area contributed by atoms with Crippen LogP contribution in [0.5, 0.6) is 0 Å². The molecule has 0 radical (unpaired) electrons. The minimum Gasteiger partial charge on any atom is -0.480 e. The monoisotopic (exact) mass is 321 g/mol. The summed E-state index contributed by atoms with van der Waals surface area (Å²) in [7, 11) is 0. The lowest BCUT2D eigenvalue weighted by Gasteiger charge is -2.19. The standard InChI is InChI=1S/C15H19N3O3S/c1-22-9-5-8-16-14(19)12-10-13(15(20)21)18(17-12)11-6-3-2-4-7-11/h2-4,6-7,13H,5,8-10H2,1H3,(H,16,19)(H,20,21).